The fourth-order valence-electron chi connectivity index (χ4n) is 3.82. The van der Waals surface area contributed by atoms with Crippen molar-refractivity contribution in [2.75, 3.05) is 11.9 Å². The van der Waals surface area contributed by atoms with Gasteiger partial charge in [-0.3, -0.25) is 10.1 Å². The van der Waals surface area contributed by atoms with Crippen LogP contribution >= 0.6 is 0 Å². The first-order valence-corrected chi connectivity index (χ1v) is 7.12. The van der Waals surface area contributed by atoms with Crippen LogP contribution in [0.3, 0.4) is 0 Å². The number of benzene rings is 1. The second kappa shape index (κ2) is 4.83. The van der Waals surface area contributed by atoms with Crippen molar-refractivity contribution in [3.8, 4) is 0 Å². The van der Waals surface area contributed by atoms with E-state index in [-0.39, 0.29) is 10.6 Å². The molecule has 3 atom stereocenters. The lowest BCUT2D eigenvalue weighted by atomic mass is 9.89. The zero-order valence-corrected chi connectivity index (χ0v) is 11.3. The SMILES string of the molecule is Cc1ccc([N+](=O)[O-])c(NCC2CC3CCC2C3)c1. The summed E-state index contributed by atoms with van der Waals surface area (Å²) in [4.78, 5) is 10.7. The highest BCUT2D eigenvalue weighted by Crippen LogP contribution is 2.48. The molecule has 0 aliphatic heterocycles. The van der Waals surface area contributed by atoms with Crippen molar-refractivity contribution in [2.45, 2.75) is 32.6 Å². The molecule has 2 aliphatic carbocycles. The van der Waals surface area contributed by atoms with E-state index < -0.39 is 0 Å². The molecule has 0 saturated heterocycles. The number of aryl methyl sites for hydroxylation is 1. The number of nitrogens with zero attached hydrogens (tertiary/aromatic N) is 1. The van der Waals surface area contributed by atoms with Gasteiger partial charge in [-0.1, -0.05) is 12.5 Å². The van der Waals surface area contributed by atoms with Gasteiger partial charge < -0.3 is 5.32 Å². The molecule has 2 saturated carbocycles. The number of hydrogen-bond acceptors (Lipinski definition) is 3. The molecule has 2 bridgehead atoms. The standard InChI is InChI=1S/C15H20N2O2/c1-10-2-5-15(17(18)19)14(6-10)16-9-13-8-11-3-4-12(13)7-11/h2,5-6,11-13,16H,3-4,7-9H2,1H3. The van der Waals surface area contributed by atoms with Crippen LogP contribution in [0.4, 0.5) is 11.4 Å². The minimum absolute atomic E-state index is 0.189. The van der Waals surface area contributed by atoms with Crippen molar-refractivity contribution in [1.29, 1.82) is 0 Å². The molecule has 1 aromatic carbocycles. The van der Waals surface area contributed by atoms with E-state index in [1.165, 1.54) is 25.7 Å². The number of nitro groups is 1. The van der Waals surface area contributed by atoms with Gasteiger partial charge in [0.15, 0.2) is 0 Å². The van der Waals surface area contributed by atoms with Crippen LogP contribution in [0.5, 0.6) is 0 Å². The molecular formula is C15H20N2O2. The van der Waals surface area contributed by atoms with Crippen LogP contribution in [-0.4, -0.2) is 11.5 Å². The fourth-order valence-corrected chi connectivity index (χ4v) is 3.82. The van der Waals surface area contributed by atoms with E-state index in [1.54, 1.807) is 12.1 Å². The Morgan fingerprint density at radius 2 is 2.21 bits per heavy atom. The molecule has 19 heavy (non-hydrogen) atoms. The number of nitro benzene ring substituents is 1. The Hall–Kier alpha value is -1.58. The number of hydrogen-bond donors (Lipinski definition) is 1. The lowest BCUT2D eigenvalue weighted by Gasteiger charge is -2.22. The van der Waals surface area contributed by atoms with Crippen molar-refractivity contribution >= 4 is 11.4 Å². The minimum Gasteiger partial charge on any atom is -0.379 e. The number of fused-ring (bicyclic) bond motifs is 2. The van der Waals surface area contributed by atoms with E-state index in [9.17, 15) is 10.1 Å². The Kier molecular flexibility index (Phi) is 3.17. The van der Waals surface area contributed by atoms with E-state index in [2.05, 4.69) is 5.32 Å². The van der Waals surface area contributed by atoms with Crippen molar-refractivity contribution in [3.63, 3.8) is 0 Å². The molecule has 2 fully saturated rings. The van der Waals surface area contributed by atoms with E-state index in [0.717, 1.165) is 23.9 Å². The molecule has 4 heteroatoms. The molecule has 0 aromatic heterocycles. The van der Waals surface area contributed by atoms with Gasteiger partial charge in [-0.25, -0.2) is 0 Å². The molecule has 1 aromatic rings. The smallest absolute Gasteiger partial charge is 0.292 e. The summed E-state index contributed by atoms with van der Waals surface area (Å²) < 4.78 is 0. The molecule has 0 spiro atoms. The van der Waals surface area contributed by atoms with Gasteiger partial charge in [-0.15, -0.1) is 0 Å². The second-order valence-electron chi connectivity index (χ2n) is 6.09. The molecule has 1 N–H and O–H groups in total. The largest absolute Gasteiger partial charge is 0.379 e. The third-order valence-corrected chi connectivity index (χ3v) is 4.79. The zero-order valence-electron chi connectivity index (χ0n) is 11.3. The van der Waals surface area contributed by atoms with Gasteiger partial charge in [0, 0.05) is 12.6 Å². The van der Waals surface area contributed by atoms with Crippen LogP contribution in [0, 0.1) is 34.8 Å². The van der Waals surface area contributed by atoms with E-state index in [0.29, 0.717) is 11.6 Å². The van der Waals surface area contributed by atoms with Crippen LogP contribution in [0.15, 0.2) is 18.2 Å². The summed E-state index contributed by atoms with van der Waals surface area (Å²) in [5.74, 6) is 2.48. The van der Waals surface area contributed by atoms with Crippen molar-refractivity contribution < 1.29 is 4.92 Å². The average Bonchev–Trinajstić information content (AvgIpc) is 2.98. The van der Waals surface area contributed by atoms with Gasteiger partial charge in [-0.2, -0.15) is 0 Å². The van der Waals surface area contributed by atoms with Gasteiger partial charge in [-0.05, 0) is 55.6 Å². The third-order valence-electron chi connectivity index (χ3n) is 4.79. The van der Waals surface area contributed by atoms with Crippen LogP contribution in [0.1, 0.15) is 31.2 Å². The van der Waals surface area contributed by atoms with Crippen LogP contribution in [0.2, 0.25) is 0 Å². The normalized spacial score (nSPS) is 28.6. The Balaban J connectivity index is 1.69. The minimum atomic E-state index is -0.303. The first-order valence-electron chi connectivity index (χ1n) is 7.12. The molecular weight excluding hydrogens is 240 g/mol. The lowest BCUT2D eigenvalue weighted by molar-refractivity contribution is -0.384. The lowest BCUT2D eigenvalue weighted by Crippen LogP contribution is -2.20. The number of anilines is 1. The Bertz CT molecular complexity index is 501. The van der Waals surface area contributed by atoms with Crippen LogP contribution in [0.25, 0.3) is 0 Å². The maximum Gasteiger partial charge on any atom is 0.292 e. The first-order chi connectivity index (χ1) is 9.13. The monoisotopic (exact) mass is 260 g/mol. The highest BCUT2D eigenvalue weighted by atomic mass is 16.6. The summed E-state index contributed by atoms with van der Waals surface area (Å²) >= 11 is 0. The highest BCUT2D eigenvalue weighted by molar-refractivity contribution is 5.62. The van der Waals surface area contributed by atoms with Crippen molar-refractivity contribution in [1.82, 2.24) is 0 Å². The topological polar surface area (TPSA) is 55.2 Å². The Morgan fingerprint density at radius 1 is 1.37 bits per heavy atom. The Labute approximate surface area is 113 Å². The van der Waals surface area contributed by atoms with Gasteiger partial charge in [0.05, 0.1) is 4.92 Å². The summed E-state index contributed by atoms with van der Waals surface area (Å²) in [6.07, 6.45) is 5.43. The fraction of sp³-hybridized carbons (Fsp3) is 0.600. The summed E-state index contributed by atoms with van der Waals surface area (Å²) in [5.41, 5.74) is 1.92. The molecule has 3 unspecified atom stereocenters. The quantitative estimate of drug-likeness (QED) is 0.662. The molecule has 102 valence electrons. The molecule has 0 heterocycles. The summed E-state index contributed by atoms with van der Waals surface area (Å²) in [6.45, 7) is 2.85. The number of nitrogens with one attached hydrogen (secondary N) is 1. The summed E-state index contributed by atoms with van der Waals surface area (Å²) in [7, 11) is 0. The predicted octanol–water partition coefficient (Wildman–Crippen LogP) is 3.75. The van der Waals surface area contributed by atoms with E-state index in [4.69, 9.17) is 0 Å². The van der Waals surface area contributed by atoms with Crippen LogP contribution in [-0.2, 0) is 0 Å². The van der Waals surface area contributed by atoms with Crippen molar-refractivity contribution in [3.05, 3.63) is 33.9 Å². The molecule has 0 radical (unpaired) electrons. The summed E-state index contributed by atoms with van der Waals surface area (Å²) in [5, 5.41) is 14.3. The average molecular weight is 260 g/mol. The molecule has 2 aliphatic rings. The first kappa shape index (κ1) is 12.5. The van der Waals surface area contributed by atoms with Gasteiger partial charge >= 0.3 is 0 Å². The molecule has 3 rings (SSSR count). The predicted molar refractivity (Wildman–Crippen MR) is 75.3 cm³/mol. The van der Waals surface area contributed by atoms with Crippen LogP contribution < -0.4 is 5.32 Å². The second-order valence-corrected chi connectivity index (χ2v) is 6.09. The van der Waals surface area contributed by atoms with Gasteiger partial charge in [0.1, 0.15) is 5.69 Å². The van der Waals surface area contributed by atoms with E-state index >= 15 is 0 Å². The van der Waals surface area contributed by atoms with Gasteiger partial charge in [0.25, 0.3) is 5.69 Å². The van der Waals surface area contributed by atoms with E-state index in [1.807, 2.05) is 13.0 Å². The van der Waals surface area contributed by atoms with Crippen molar-refractivity contribution in [2.24, 2.45) is 17.8 Å². The summed E-state index contributed by atoms with van der Waals surface area (Å²) in [6, 6.07) is 5.27. The number of rotatable bonds is 4. The third kappa shape index (κ3) is 2.44. The molecule has 4 nitrogen and oxygen atoms in total. The maximum atomic E-state index is 11.0. The molecule has 0 amide bonds. The van der Waals surface area contributed by atoms with Gasteiger partial charge in [0.2, 0.25) is 0 Å². The zero-order chi connectivity index (χ0) is 13.4. The highest BCUT2D eigenvalue weighted by Gasteiger charge is 2.39. The Morgan fingerprint density at radius 3 is 2.84 bits per heavy atom. The maximum absolute atomic E-state index is 11.0.